The van der Waals surface area contributed by atoms with Crippen molar-refractivity contribution in [3.05, 3.63) is 35.5 Å². The van der Waals surface area contributed by atoms with E-state index in [1.807, 2.05) is 33.8 Å². The molecule has 6 aliphatic rings. The monoisotopic (exact) mass is 582 g/mol. The highest BCUT2D eigenvalue weighted by atomic mass is 16.3. The van der Waals surface area contributed by atoms with Gasteiger partial charge in [-0.15, -0.1) is 0 Å². The van der Waals surface area contributed by atoms with Crippen molar-refractivity contribution in [1.82, 2.24) is 0 Å². The van der Waals surface area contributed by atoms with Crippen LogP contribution in [0, 0.1) is 33.5 Å². The van der Waals surface area contributed by atoms with Crippen LogP contribution in [-0.4, -0.2) is 43.8 Å². The molecule has 6 atom stereocenters. The number of hydrogen-bond donors (Lipinski definition) is 4. The smallest absolute Gasteiger partial charge is 0.0771 e. The fourth-order valence-corrected chi connectivity index (χ4v) is 10.1. The van der Waals surface area contributed by atoms with E-state index >= 15 is 0 Å². The number of aliphatic hydroxyl groups excluding tert-OH is 2. The van der Waals surface area contributed by atoms with Crippen LogP contribution in [0.1, 0.15) is 144 Å². The third-order valence-corrected chi connectivity index (χ3v) is 12.7. The Morgan fingerprint density at radius 1 is 0.762 bits per heavy atom. The van der Waals surface area contributed by atoms with Crippen molar-refractivity contribution in [1.29, 1.82) is 0 Å². The first kappa shape index (κ1) is 32.5. The zero-order valence-corrected chi connectivity index (χ0v) is 27.7. The Morgan fingerprint density at radius 3 is 1.67 bits per heavy atom. The van der Waals surface area contributed by atoms with Gasteiger partial charge in [0.05, 0.1) is 23.4 Å². The number of aliphatic hydroxyl groups is 4. The third kappa shape index (κ3) is 6.53. The summed E-state index contributed by atoms with van der Waals surface area (Å²) < 4.78 is 0. The van der Waals surface area contributed by atoms with Crippen molar-refractivity contribution in [2.45, 2.75) is 168 Å². The van der Waals surface area contributed by atoms with Gasteiger partial charge in [-0.05, 0) is 164 Å². The summed E-state index contributed by atoms with van der Waals surface area (Å²) in [6.45, 7) is 12.3. The van der Waals surface area contributed by atoms with Crippen LogP contribution in [0.3, 0.4) is 0 Å². The molecule has 0 bridgehead atoms. The third-order valence-electron chi connectivity index (χ3n) is 12.7. The van der Waals surface area contributed by atoms with Crippen molar-refractivity contribution < 1.29 is 20.4 Å². The molecule has 0 heterocycles. The average molecular weight is 583 g/mol. The lowest BCUT2D eigenvalue weighted by molar-refractivity contribution is 0.00604. The Balaban J connectivity index is 0.000000168. The van der Waals surface area contributed by atoms with Crippen LogP contribution in [0.25, 0.3) is 0 Å². The topological polar surface area (TPSA) is 80.9 Å². The largest absolute Gasteiger partial charge is 0.393 e. The van der Waals surface area contributed by atoms with Gasteiger partial charge in [0.15, 0.2) is 0 Å². The lowest BCUT2D eigenvalue weighted by Gasteiger charge is -2.44. The van der Waals surface area contributed by atoms with Gasteiger partial charge < -0.3 is 20.4 Å². The highest BCUT2D eigenvalue weighted by molar-refractivity contribution is 5.36. The first-order chi connectivity index (χ1) is 19.5. The molecule has 4 fully saturated rings. The van der Waals surface area contributed by atoms with Gasteiger partial charge in [0.1, 0.15) is 0 Å². The van der Waals surface area contributed by atoms with Crippen molar-refractivity contribution >= 4 is 0 Å². The van der Waals surface area contributed by atoms with E-state index in [1.54, 1.807) is 11.1 Å². The van der Waals surface area contributed by atoms with Crippen molar-refractivity contribution in [2.24, 2.45) is 33.5 Å². The predicted molar refractivity (Wildman–Crippen MR) is 172 cm³/mol. The maximum atomic E-state index is 10.4. The van der Waals surface area contributed by atoms with E-state index < -0.39 is 11.2 Å². The Labute approximate surface area is 256 Å². The minimum absolute atomic E-state index is 0.0929. The summed E-state index contributed by atoms with van der Waals surface area (Å²) in [5.41, 5.74) is 3.28. The van der Waals surface area contributed by atoms with Gasteiger partial charge in [0.2, 0.25) is 0 Å². The van der Waals surface area contributed by atoms with Crippen LogP contribution in [0.15, 0.2) is 35.5 Å². The molecular formula is C38H62O4. The predicted octanol–water partition coefficient (Wildman–Crippen LogP) is 8.19. The molecule has 2 unspecified atom stereocenters. The SMILES string of the molecule is CC(C)(O)/C=C\CC1(C2=CCC3[C@@H](O)CCC[C@]23C)CC1.CC(C)(O)CCCC1(C2=CCC3[C@@H](O)CCC[C@]23C)CC1. The number of rotatable bonds is 9. The molecule has 0 spiro atoms. The molecular weight excluding hydrogens is 520 g/mol. The normalized spacial score (nSPS) is 38.2. The summed E-state index contributed by atoms with van der Waals surface area (Å²) in [7, 11) is 0. The van der Waals surface area contributed by atoms with Gasteiger partial charge in [0, 0.05) is 0 Å². The van der Waals surface area contributed by atoms with Crippen LogP contribution in [0.4, 0.5) is 0 Å². The summed E-state index contributed by atoms with van der Waals surface area (Å²) in [6.07, 6.45) is 27.2. The van der Waals surface area contributed by atoms with Crippen molar-refractivity contribution in [3.8, 4) is 0 Å². The van der Waals surface area contributed by atoms with E-state index in [1.165, 1.54) is 51.4 Å². The van der Waals surface area contributed by atoms with Gasteiger partial charge in [0.25, 0.3) is 0 Å². The molecule has 4 nitrogen and oxygen atoms in total. The molecule has 0 aromatic rings. The first-order valence-corrected chi connectivity index (χ1v) is 17.4. The molecule has 6 rings (SSSR count). The van der Waals surface area contributed by atoms with E-state index in [4.69, 9.17) is 0 Å². The zero-order valence-electron chi connectivity index (χ0n) is 27.7. The van der Waals surface area contributed by atoms with Crippen LogP contribution >= 0.6 is 0 Å². The van der Waals surface area contributed by atoms with Gasteiger partial charge in [-0.2, -0.15) is 0 Å². The molecule has 238 valence electrons. The van der Waals surface area contributed by atoms with Crippen LogP contribution < -0.4 is 0 Å². The second-order valence-electron chi connectivity index (χ2n) is 17.2. The van der Waals surface area contributed by atoms with Gasteiger partial charge in [-0.1, -0.05) is 49.3 Å². The quantitative estimate of drug-likeness (QED) is 0.207. The van der Waals surface area contributed by atoms with Gasteiger partial charge >= 0.3 is 0 Å². The van der Waals surface area contributed by atoms with E-state index in [0.717, 1.165) is 51.4 Å². The van der Waals surface area contributed by atoms with E-state index in [0.29, 0.717) is 22.7 Å². The molecule has 0 aromatic heterocycles. The molecule has 0 aromatic carbocycles. The molecule has 0 amide bonds. The second-order valence-corrected chi connectivity index (χ2v) is 17.2. The fraction of sp³-hybridized carbons (Fsp3) is 0.842. The minimum atomic E-state index is -0.715. The maximum Gasteiger partial charge on any atom is 0.0771 e. The molecule has 0 aliphatic heterocycles. The average Bonchev–Trinajstić information content (AvgIpc) is 3.76. The van der Waals surface area contributed by atoms with Crippen LogP contribution in [0.2, 0.25) is 0 Å². The summed E-state index contributed by atoms with van der Waals surface area (Å²) >= 11 is 0. The zero-order chi connectivity index (χ0) is 30.6. The lowest BCUT2D eigenvalue weighted by atomic mass is 9.62. The van der Waals surface area contributed by atoms with Crippen molar-refractivity contribution in [3.63, 3.8) is 0 Å². The molecule has 4 heteroatoms. The van der Waals surface area contributed by atoms with Gasteiger partial charge in [-0.3, -0.25) is 0 Å². The standard InChI is InChI=1S/C19H32O2.C19H30O2/c2*1-17(2,21)9-5-11-19(12-13-19)16-8-7-14-15(20)6-4-10-18(14,16)3/h8,14-15,20-21H,4-7,9-13H2,1-3H3;5,8-9,14-15,20-21H,4,6-7,10-13H2,1-3H3/b;9-5-/t2*14?,15-,18-/m00/s1. The highest BCUT2D eigenvalue weighted by Gasteiger charge is 2.58. The Morgan fingerprint density at radius 2 is 1.24 bits per heavy atom. The van der Waals surface area contributed by atoms with Crippen LogP contribution in [-0.2, 0) is 0 Å². The van der Waals surface area contributed by atoms with E-state index in [9.17, 15) is 20.4 Å². The molecule has 42 heavy (non-hydrogen) atoms. The molecule has 4 N–H and O–H groups in total. The maximum absolute atomic E-state index is 10.4. The molecule has 4 saturated carbocycles. The summed E-state index contributed by atoms with van der Waals surface area (Å²) in [5.74, 6) is 0.907. The summed E-state index contributed by atoms with van der Waals surface area (Å²) in [5, 5.41) is 40.5. The molecule has 0 radical (unpaired) electrons. The molecule has 6 aliphatic carbocycles. The van der Waals surface area contributed by atoms with Crippen molar-refractivity contribution in [2.75, 3.05) is 0 Å². The highest BCUT2D eigenvalue weighted by Crippen LogP contribution is 2.68. The summed E-state index contributed by atoms with van der Waals surface area (Å²) in [4.78, 5) is 0. The number of fused-ring (bicyclic) bond motifs is 2. The number of hydrogen-bond acceptors (Lipinski definition) is 4. The Hall–Kier alpha value is -0.940. The Bertz CT molecular complexity index is 1060. The second kappa shape index (κ2) is 11.5. The van der Waals surface area contributed by atoms with Gasteiger partial charge in [-0.25, -0.2) is 0 Å². The fourth-order valence-electron chi connectivity index (χ4n) is 10.1. The minimum Gasteiger partial charge on any atom is -0.393 e. The number of allylic oxidation sites excluding steroid dienone is 5. The molecule has 0 saturated heterocycles. The summed E-state index contributed by atoms with van der Waals surface area (Å²) in [6, 6.07) is 0. The van der Waals surface area contributed by atoms with E-state index in [2.05, 4.69) is 32.1 Å². The Kier molecular flexibility index (Phi) is 8.85. The first-order valence-electron chi connectivity index (χ1n) is 17.4. The van der Waals surface area contributed by atoms with E-state index in [-0.39, 0.29) is 23.0 Å². The van der Waals surface area contributed by atoms with Crippen LogP contribution in [0.5, 0.6) is 0 Å². The lowest BCUT2D eigenvalue weighted by Crippen LogP contribution is -2.40.